The minimum Gasteiger partial charge on any atom is -0.465 e. The van der Waals surface area contributed by atoms with Crippen molar-refractivity contribution >= 4 is 16.7 Å². The van der Waals surface area contributed by atoms with Crippen LogP contribution >= 0.6 is 0 Å². The standard InChI is InChI=1S/C21H21NO3/c1-3-9-18-19(21(24)25-2)16-12-7-8-13-17(16)20(23)22(18)14-15-10-5-4-6-11-15/h4-8,10-13H,3,9,14H2,1-2H3. The molecule has 128 valence electrons. The van der Waals surface area contributed by atoms with Gasteiger partial charge in [0.25, 0.3) is 5.56 Å². The molecule has 0 fully saturated rings. The van der Waals surface area contributed by atoms with E-state index in [4.69, 9.17) is 4.74 Å². The molecular weight excluding hydrogens is 314 g/mol. The Kier molecular flexibility index (Phi) is 4.98. The van der Waals surface area contributed by atoms with Crippen LogP contribution in [0.2, 0.25) is 0 Å². The molecule has 2 aromatic carbocycles. The molecule has 0 aliphatic rings. The first kappa shape index (κ1) is 17.0. The summed E-state index contributed by atoms with van der Waals surface area (Å²) in [5.41, 5.74) is 2.18. The van der Waals surface area contributed by atoms with Crippen molar-refractivity contribution in [3.05, 3.63) is 81.8 Å². The molecule has 0 unspecified atom stereocenters. The summed E-state index contributed by atoms with van der Waals surface area (Å²) in [6, 6.07) is 17.0. The molecule has 3 rings (SSSR count). The van der Waals surface area contributed by atoms with E-state index in [1.54, 1.807) is 10.6 Å². The maximum absolute atomic E-state index is 13.1. The summed E-state index contributed by atoms with van der Waals surface area (Å²) in [7, 11) is 1.37. The lowest BCUT2D eigenvalue weighted by Crippen LogP contribution is -2.28. The summed E-state index contributed by atoms with van der Waals surface area (Å²) in [4.78, 5) is 25.6. The van der Waals surface area contributed by atoms with Crippen LogP contribution in [0.25, 0.3) is 10.8 Å². The average Bonchev–Trinajstić information content (AvgIpc) is 2.65. The van der Waals surface area contributed by atoms with E-state index in [-0.39, 0.29) is 5.56 Å². The van der Waals surface area contributed by atoms with Gasteiger partial charge in [-0.25, -0.2) is 4.79 Å². The number of pyridine rings is 1. The van der Waals surface area contributed by atoms with Gasteiger partial charge in [-0.15, -0.1) is 0 Å². The third-order valence-electron chi connectivity index (χ3n) is 4.35. The van der Waals surface area contributed by atoms with Gasteiger partial charge in [0.05, 0.1) is 19.2 Å². The molecule has 0 saturated carbocycles. The minimum atomic E-state index is -0.401. The van der Waals surface area contributed by atoms with Crippen molar-refractivity contribution in [3.8, 4) is 0 Å². The summed E-state index contributed by atoms with van der Waals surface area (Å²) in [6.07, 6.45) is 1.47. The Hall–Kier alpha value is -2.88. The first-order chi connectivity index (χ1) is 12.2. The second-order valence-corrected chi connectivity index (χ2v) is 5.99. The first-order valence-electron chi connectivity index (χ1n) is 8.44. The van der Waals surface area contributed by atoms with Crippen molar-refractivity contribution in [1.29, 1.82) is 0 Å². The van der Waals surface area contributed by atoms with E-state index in [2.05, 4.69) is 0 Å². The number of aromatic nitrogens is 1. The molecule has 3 aromatic rings. The van der Waals surface area contributed by atoms with E-state index in [0.29, 0.717) is 29.3 Å². The molecule has 0 aliphatic carbocycles. The fraction of sp³-hybridized carbons (Fsp3) is 0.238. The number of methoxy groups -OCH3 is 1. The highest BCUT2D eigenvalue weighted by Crippen LogP contribution is 2.23. The Balaban J connectivity index is 2.34. The number of benzene rings is 2. The van der Waals surface area contributed by atoms with E-state index in [1.807, 2.05) is 55.5 Å². The van der Waals surface area contributed by atoms with Crippen LogP contribution < -0.4 is 5.56 Å². The van der Waals surface area contributed by atoms with Crippen molar-refractivity contribution in [2.75, 3.05) is 7.11 Å². The van der Waals surface area contributed by atoms with Crippen molar-refractivity contribution in [1.82, 2.24) is 4.57 Å². The van der Waals surface area contributed by atoms with Crippen LogP contribution in [0.4, 0.5) is 0 Å². The zero-order chi connectivity index (χ0) is 17.8. The number of carbonyl (C=O) groups is 1. The maximum Gasteiger partial charge on any atom is 0.340 e. The molecular formula is C21H21NO3. The van der Waals surface area contributed by atoms with E-state index in [9.17, 15) is 9.59 Å². The van der Waals surface area contributed by atoms with Gasteiger partial charge in [-0.2, -0.15) is 0 Å². The minimum absolute atomic E-state index is 0.0736. The van der Waals surface area contributed by atoms with Gasteiger partial charge in [-0.05, 0) is 18.1 Å². The number of esters is 1. The monoisotopic (exact) mass is 335 g/mol. The number of nitrogens with zero attached hydrogens (tertiary/aromatic N) is 1. The van der Waals surface area contributed by atoms with E-state index in [0.717, 1.165) is 17.7 Å². The van der Waals surface area contributed by atoms with Crippen LogP contribution in [-0.2, 0) is 17.7 Å². The van der Waals surface area contributed by atoms with Crippen molar-refractivity contribution < 1.29 is 9.53 Å². The summed E-state index contributed by atoms with van der Waals surface area (Å²) in [6.45, 7) is 2.47. The molecule has 0 aliphatic heterocycles. The number of hydrogen-bond acceptors (Lipinski definition) is 3. The average molecular weight is 335 g/mol. The zero-order valence-corrected chi connectivity index (χ0v) is 14.5. The topological polar surface area (TPSA) is 48.3 Å². The van der Waals surface area contributed by atoms with Crippen LogP contribution in [0, 0.1) is 0 Å². The second kappa shape index (κ2) is 7.34. The van der Waals surface area contributed by atoms with Crippen LogP contribution in [0.1, 0.15) is 35.0 Å². The van der Waals surface area contributed by atoms with Crippen LogP contribution in [0.15, 0.2) is 59.4 Å². The molecule has 0 saturated heterocycles. The Morgan fingerprint density at radius 3 is 2.28 bits per heavy atom. The molecule has 0 bridgehead atoms. The highest BCUT2D eigenvalue weighted by atomic mass is 16.5. The van der Waals surface area contributed by atoms with Crippen molar-refractivity contribution in [3.63, 3.8) is 0 Å². The van der Waals surface area contributed by atoms with Crippen LogP contribution in [0.5, 0.6) is 0 Å². The van der Waals surface area contributed by atoms with Gasteiger partial charge in [0, 0.05) is 16.5 Å². The van der Waals surface area contributed by atoms with Gasteiger partial charge in [0.1, 0.15) is 0 Å². The highest BCUT2D eigenvalue weighted by Gasteiger charge is 2.21. The fourth-order valence-electron chi connectivity index (χ4n) is 3.21. The van der Waals surface area contributed by atoms with Gasteiger partial charge in [-0.3, -0.25) is 4.79 Å². The lowest BCUT2D eigenvalue weighted by atomic mass is 10.0. The first-order valence-corrected chi connectivity index (χ1v) is 8.44. The van der Waals surface area contributed by atoms with Gasteiger partial charge in [0.2, 0.25) is 0 Å². The smallest absolute Gasteiger partial charge is 0.340 e. The van der Waals surface area contributed by atoms with E-state index < -0.39 is 5.97 Å². The number of rotatable bonds is 5. The van der Waals surface area contributed by atoms with Gasteiger partial charge in [-0.1, -0.05) is 61.9 Å². The normalized spacial score (nSPS) is 10.8. The predicted octanol–water partition coefficient (Wildman–Crippen LogP) is 3.79. The Bertz CT molecular complexity index is 958. The molecule has 0 amide bonds. The number of ether oxygens (including phenoxy) is 1. The zero-order valence-electron chi connectivity index (χ0n) is 14.5. The Morgan fingerprint density at radius 2 is 1.64 bits per heavy atom. The summed E-state index contributed by atoms with van der Waals surface area (Å²) >= 11 is 0. The Labute approximate surface area is 146 Å². The quantitative estimate of drug-likeness (QED) is 0.667. The number of fused-ring (bicyclic) bond motifs is 1. The maximum atomic E-state index is 13.1. The van der Waals surface area contributed by atoms with Gasteiger partial charge >= 0.3 is 5.97 Å². The van der Waals surface area contributed by atoms with Crippen LogP contribution in [-0.4, -0.2) is 17.6 Å². The largest absolute Gasteiger partial charge is 0.465 e. The second-order valence-electron chi connectivity index (χ2n) is 5.99. The molecule has 0 atom stereocenters. The molecule has 25 heavy (non-hydrogen) atoms. The van der Waals surface area contributed by atoms with E-state index >= 15 is 0 Å². The summed E-state index contributed by atoms with van der Waals surface area (Å²) < 4.78 is 6.74. The van der Waals surface area contributed by atoms with Crippen molar-refractivity contribution in [2.24, 2.45) is 0 Å². The fourth-order valence-corrected chi connectivity index (χ4v) is 3.21. The Morgan fingerprint density at radius 1 is 1.00 bits per heavy atom. The number of carbonyl (C=O) groups excluding carboxylic acids is 1. The molecule has 1 aromatic heterocycles. The van der Waals surface area contributed by atoms with Crippen LogP contribution in [0.3, 0.4) is 0 Å². The molecule has 0 radical (unpaired) electrons. The van der Waals surface area contributed by atoms with Crippen molar-refractivity contribution in [2.45, 2.75) is 26.3 Å². The molecule has 1 heterocycles. The van der Waals surface area contributed by atoms with Gasteiger partial charge in [0.15, 0.2) is 0 Å². The lowest BCUT2D eigenvalue weighted by Gasteiger charge is -2.18. The third-order valence-corrected chi connectivity index (χ3v) is 4.35. The van der Waals surface area contributed by atoms with E-state index in [1.165, 1.54) is 7.11 Å². The number of hydrogen-bond donors (Lipinski definition) is 0. The molecule has 4 heteroatoms. The molecule has 0 spiro atoms. The molecule has 0 N–H and O–H groups in total. The molecule has 4 nitrogen and oxygen atoms in total. The third kappa shape index (κ3) is 3.20. The summed E-state index contributed by atoms with van der Waals surface area (Å²) in [5.74, 6) is -0.401. The highest BCUT2D eigenvalue weighted by molar-refractivity contribution is 6.05. The predicted molar refractivity (Wildman–Crippen MR) is 99.1 cm³/mol. The van der Waals surface area contributed by atoms with Gasteiger partial charge < -0.3 is 9.30 Å². The SMILES string of the molecule is CCCc1c(C(=O)OC)c2ccccc2c(=O)n1Cc1ccccc1. The lowest BCUT2D eigenvalue weighted by molar-refractivity contribution is 0.0600. The summed E-state index contributed by atoms with van der Waals surface area (Å²) in [5, 5.41) is 1.20.